The Morgan fingerprint density at radius 1 is 0.969 bits per heavy atom. The van der Waals surface area contributed by atoms with Gasteiger partial charge in [0.2, 0.25) is 0 Å². The summed E-state index contributed by atoms with van der Waals surface area (Å²) in [5.74, 6) is -2.14. The fourth-order valence-corrected chi connectivity index (χ4v) is 3.78. The number of benzene rings is 1. The van der Waals surface area contributed by atoms with Gasteiger partial charge in [-0.3, -0.25) is 10.1 Å². The second kappa shape index (κ2) is 11.5. The molecule has 174 valence electrons. The Balaban J connectivity index is 2.84. The van der Waals surface area contributed by atoms with Crippen LogP contribution in [-0.4, -0.2) is 30.1 Å². The van der Waals surface area contributed by atoms with Crippen LogP contribution >= 0.6 is 0 Å². The summed E-state index contributed by atoms with van der Waals surface area (Å²) >= 11 is 0. The van der Waals surface area contributed by atoms with Crippen molar-refractivity contribution in [2.45, 2.75) is 66.2 Å². The minimum Gasteiger partial charge on any atom is -0.462 e. The molecule has 2 rings (SSSR count). The fourth-order valence-electron chi connectivity index (χ4n) is 3.78. The maximum atomic E-state index is 13.2. The van der Waals surface area contributed by atoms with Crippen LogP contribution in [0.2, 0.25) is 0 Å². The zero-order chi connectivity index (χ0) is 23.8. The molecule has 0 saturated carbocycles. The minimum atomic E-state index is -0.963. The molecule has 1 aliphatic rings. The molecule has 1 aliphatic heterocycles. The molecular weight excluding hydrogens is 412 g/mol. The number of esters is 2. The van der Waals surface area contributed by atoms with Crippen LogP contribution in [0, 0.1) is 17.0 Å². The van der Waals surface area contributed by atoms with E-state index in [9.17, 15) is 19.7 Å². The van der Waals surface area contributed by atoms with Gasteiger partial charge < -0.3 is 14.8 Å². The quantitative estimate of drug-likeness (QED) is 0.313. The molecule has 0 bridgehead atoms. The predicted octanol–water partition coefficient (Wildman–Crippen LogP) is 4.82. The number of carbonyl (C=O) groups is 2. The van der Waals surface area contributed by atoms with Gasteiger partial charge in [0.1, 0.15) is 0 Å². The van der Waals surface area contributed by atoms with Crippen LogP contribution < -0.4 is 5.32 Å². The second-order valence-electron chi connectivity index (χ2n) is 7.64. The van der Waals surface area contributed by atoms with Gasteiger partial charge in [-0.05, 0) is 38.7 Å². The third kappa shape index (κ3) is 5.36. The molecule has 0 atom stereocenters. The van der Waals surface area contributed by atoms with Crippen molar-refractivity contribution in [3.05, 3.63) is 62.0 Å². The smallest absolute Gasteiger partial charge is 0.336 e. The van der Waals surface area contributed by atoms with E-state index in [1.807, 2.05) is 34.6 Å². The average molecular weight is 445 g/mol. The first-order valence-electron chi connectivity index (χ1n) is 11.1. The maximum Gasteiger partial charge on any atom is 0.336 e. The lowest BCUT2D eigenvalue weighted by molar-refractivity contribution is -0.385. The molecule has 0 spiro atoms. The number of hydrogen-bond donors (Lipinski definition) is 1. The van der Waals surface area contributed by atoms with Gasteiger partial charge in [0, 0.05) is 23.0 Å². The Hall–Kier alpha value is -3.16. The molecule has 8 heteroatoms. The summed E-state index contributed by atoms with van der Waals surface area (Å²) in [6, 6.07) is 4.71. The maximum absolute atomic E-state index is 13.2. The van der Waals surface area contributed by atoms with Crippen LogP contribution in [0.4, 0.5) is 5.69 Å². The zero-order valence-electron chi connectivity index (χ0n) is 19.4. The van der Waals surface area contributed by atoms with Crippen LogP contribution in [-0.2, 0) is 19.1 Å². The lowest BCUT2D eigenvalue weighted by Gasteiger charge is -2.32. The van der Waals surface area contributed by atoms with Gasteiger partial charge in [0.05, 0.1) is 35.2 Å². The summed E-state index contributed by atoms with van der Waals surface area (Å²) in [6.07, 6.45) is 2.19. The van der Waals surface area contributed by atoms with Crippen molar-refractivity contribution >= 4 is 17.6 Å². The SMILES string of the molecule is CCCOC(=O)C1=C(CC)NC(CC)=C(C(=O)OCCC)C1c1cc(C)ccc1[N+](=O)[O-]. The lowest BCUT2D eigenvalue weighted by Crippen LogP contribution is -2.34. The number of hydrogen-bond acceptors (Lipinski definition) is 7. The van der Waals surface area contributed by atoms with Crippen molar-refractivity contribution in [1.29, 1.82) is 0 Å². The zero-order valence-corrected chi connectivity index (χ0v) is 19.4. The first-order valence-corrected chi connectivity index (χ1v) is 11.1. The first kappa shape index (κ1) is 25.1. The number of allylic oxidation sites excluding steroid dienone is 2. The standard InChI is InChI=1S/C24H32N2O6/c1-6-12-31-23(27)21-17(8-3)25-18(9-4)22(24(28)32-13-7-2)20(21)16-14-15(5)10-11-19(16)26(29)30/h10-11,14,20,25H,6-9,12-13H2,1-5H3. The number of carbonyl (C=O) groups excluding carboxylic acids is 2. The molecule has 0 unspecified atom stereocenters. The molecule has 1 aromatic rings. The van der Waals surface area contributed by atoms with E-state index in [2.05, 4.69) is 5.32 Å². The van der Waals surface area contributed by atoms with Gasteiger partial charge in [-0.1, -0.05) is 39.3 Å². The van der Waals surface area contributed by atoms with Crippen LogP contribution in [0.1, 0.15) is 70.4 Å². The normalized spacial score (nSPS) is 14.3. The molecular formula is C24H32N2O6. The number of nitro groups is 1. The highest BCUT2D eigenvalue weighted by atomic mass is 16.6. The summed E-state index contributed by atoms with van der Waals surface area (Å²) in [6.45, 7) is 9.76. The first-order chi connectivity index (χ1) is 15.3. The summed E-state index contributed by atoms with van der Waals surface area (Å²) in [5, 5.41) is 15.1. The van der Waals surface area contributed by atoms with E-state index in [-0.39, 0.29) is 35.6 Å². The monoisotopic (exact) mass is 444 g/mol. The van der Waals surface area contributed by atoms with Crippen LogP contribution in [0.3, 0.4) is 0 Å². The van der Waals surface area contributed by atoms with Gasteiger partial charge in [-0.15, -0.1) is 0 Å². The predicted molar refractivity (Wildman–Crippen MR) is 121 cm³/mol. The number of ether oxygens (including phenoxy) is 2. The molecule has 1 N–H and O–H groups in total. The van der Waals surface area contributed by atoms with E-state index in [4.69, 9.17) is 9.47 Å². The number of nitrogens with zero attached hydrogens (tertiary/aromatic N) is 1. The molecule has 0 amide bonds. The van der Waals surface area contributed by atoms with E-state index in [1.54, 1.807) is 12.1 Å². The fraction of sp³-hybridized carbons (Fsp3) is 0.500. The molecule has 1 aromatic carbocycles. The van der Waals surface area contributed by atoms with E-state index in [0.717, 1.165) is 5.56 Å². The van der Waals surface area contributed by atoms with Gasteiger partial charge >= 0.3 is 11.9 Å². The topological polar surface area (TPSA) is 108 Å². The van der Waals surface area contributed by atoms with E-state index in [0.29, 0.717) is 37.1 Å². The van der Waals surface area contributed by atoms with Crippen molar-refractivity contribution in [1.82, 2.24) is 5.32 Å². The molecule has 0 fully saturated rings. The van der Waals surface area contributed by atoms with Crippen molar-refractivity contribution in [2.75, 3.05) is 13.2 Å². The molecule has 0 aliphatic carbocycles. The molecule has 1 heterocycles. The van der Waals surface area contributed by atoms with E-state index in [1.165, 1.54) is 6.07 Å². The highest BCUT2D eigenvalue weighted by molar-refractivity contribution is 6.00. The summed E-state index contributed by atoms with van der Waals surface area (Å²) in [7, 11) is 0. The average Bonchev–Trinajstić information content (AvgIpc) is 2.78. The Bertz CT molecular complexity index is 904. The minimum absolute atomic E-state index is 0.157. The van der Waals surface area contributed by atoms with Crippen LogP contribution in [0.5, 0.6) is 0 Å². The number of nitrogens with one attached hydrogen (secondary N) is 1. The largest absolute Gasteiger partial charge is 0.462 e. The van der Waals surface area contributed by atoms with Gasteiger partial charge in [-0.2, -0.15) is 0 Å². The van der Waals surface area contributed by atoms with Crippen molar-refractivity contribution in [2.24, 2.45) is 0 Å². The van der Waals surface area contributed by atoms with Crippen LogP contribution in [0.15, 0.2) is 40.7 Å². The molecule has 8 nitrogen and oxygen atoms in total. The highest BCUT2D eigenvalue weighted by Gasteiger charge is 2.42. The lowest BCUT2D eigenvalue weighted by atomic mass is 9.78. The number of nitro benzene ring substituents is 1. The second-order valence-corrected chi connectivity index (χ2v) is 7.64. The Labute approximate surface area is 188 Å². The third-order valence-electron chi connectivity index (χ3n) is 5.24. The molecule has 0 radical (unpaired) electrons. The number of aryl methyl sites for hydroxylation is 1. The number of dihydropyridines is 1. The van der Waals surface area contributed by atoms with Gasteiger partial charge in [-0.25, -0.2) is 9.59 Å². The van der Waals surface area contributed by atoms with E-state index < -0.39 is 22.8 Å². The summed E-state index contributed by atoms with van der Waals surface area (Å²) in [5.41, 5.74) is 2.52. The van der Waals surface area contributed by atoms with E-state index >= 15 is 0 Å². The summed E-state index contributed by atoms with van der Waals surface area (Å²) in [4.78, 5) is 37.8. The van der Waals surface area contributed by atoms with Crippen molar-refractivity contribution in [3.63, 3.8) is 0 Å². The Morgan fingerprint density at radius 3 is 1.88 bits per heavy atom. The van der Waals surface area contributed by atoms with Crippen LogP contribution in [0.25, 0.3) is 0 Å². The highest BCUT2D eigenvalue weighted by Crippen LogP contribution is 2.44. The molecule has 32 heavy (non-hydrogen) atoms. The van der Waals surface area contributed by atoms with Crippen molar-refractivity contribution < 1.29 is 24.0 Å². The molecule has 0 aromatic heterocycles. The van der Waals surface area contributed by atoms with Gasteiger partial charge in [0.15, 0.2) is 0 Å². The Morgan fingerprint density at radius 2 is 1.47 bits per heavy atom. The van der Waals surface area contributed by atoms with Crippen molar-refractivity contribution in [3.8, 4) is 0 Å². The number of rotatable bonds is 10. The summed E-state index contributed by atoms with van der Waals surface area (Å²) < 4.78 is 10.9. The van der Waals surface area contributed by atoms with Gasteiger partial charge in [0.25, 0.3) is 5.69 Å². The third-order valence-corrected chi connectivity index (χ3v) is 5.24. The molecule has 0 saturated heterocycles. The Kier molecular flexibility index (Phi) is 8.99.